The summed E-state index contributed by atoms with van der Waals surface area (Å²) in [5.41, 5.74) is 6.05. The van der Waals surface area contributed by atoms with Gasteiger partial charge in [0.2, 0.25) is 0 Å². The number of nitrogens with zero attached hydrogens (tertiary/aromatic N) is 6. The number of rotatable bonds is 5. The zero-order chi connectivity index (χ0) is 23.2. The Hall–Kier alpha value is -3.17. The number of aromatic nitrogens is 5. The first kappa shape index (κ1) is 21.4. The van der Waals surface area contributed by atoms with Gasteiger partial charge in [-0.05, 0) is 30.5 Å². The molecule has 2 fully saturated rings. The van der Waals surface area contributed by atoms with E-state index in [9.17, 15) is 0 Å². The van der Waals surface area contributed by atoms with Gasteiger partial charge >= 0.3 is 0 Å². The van der Waals surface area contributed by atoms with Gasteiger partial charge in [-0.1, -0.05) is 13.8 Å². The normalized spacial score (nSPS) is 19.6. The summed E-state index contributed by atoms with van der Waals surface area (Å²) in [5, 5.41) is 4.33. The topological polar surface area (TPSA) is 83.8 Å². The molecule has 34 heavy (non-hydrogen) atoms. The van der Waals surface area contributed by atoms with Crippen LogP contribution in [0.4, 0.5) is 5.82 Å². The number of hydrogen-bond donors (Lipinski definition) is 1. The van der Waals surface area contributed by atoms with E-state index in [1.165, 1.54) is 5.56 Å². The van der Waals surface area contributed by atoms with Crippen LogP contribution in [0.3, 0.4) is 0 Å². The van der Waals surface area contributed by atoms with Crippen LogP contribution in [0.1, 0.15) is 31.7 Å². The van der Waals surface area contributed by atoms with E-state index in [0.29, 0.717) is 23.4 Å². The highest BCUT2D eigenvalue weighted by Crippen LogP contribution is 2.37. The van der Waals surface area contributed by atoms with Crippen molar-refractivity contribution in [1.29, 1.82) is 0 Å². The van der Waals surface area contributed by atoms with E-state index in [1.807, 2.05) is 12.3 Å². The molecule has 1 unspecified atom stereocenters. The highest BCUT2D eigenvalue weighted by atomic mass is 16.5. The summed E-state index contributed by atoms with van der Waals surface area (Å²) in [6.07, 6.45) is 4.69. The van der Waals surface area contributed by atoms with E-state index in [-0.39, 0.29) is 0 Å². The lowest BCUT2D eigenvalue weighted by atomic mass is 9.99. The fourth-order valence-corrected chi connectivity index (χ4v) is 5.35. The monoisotopic (exact) mass is 461 g/mol. The SMILES string of the molecule is COc1cc(-c2[nH]c3ccc(N4CCN(C5CCOC5)CC4)nc3c2C(C)C)cn2ncnc12. The van der Waals surface area contributed by atoms with Crippen molar-refractivity contribution in [3.8, 4) is 17.0 Å². The van der Waals surface area contributed by atoms with E-state index >= 15 is 0 Å². The molecule has 0 bridgehead atoms. The molecule has 1 N–H and O–H groups in total. The number of H-pyrrole nitrogens is 1. The number of anilines is 1. The second-order valence-corrected chi connectivity index (χ2v) is 9.50. The molecule has 6 heterocycles. The van der Waals surface area contributed by atoms with Crippen molar-refractivity contribution >= 4 is 22.5 Å². The number of nitrogens with one attached hydrogen (secondary N) is 1. The Morgan fingerprint density at radius 1 is 1.18 bits per heavy atom. The third-order valence-corrected chi connectivity index (χ3v) is 7.15. The summed E-state index contributed by atoms with van der Waals surface area (Å²) >= 11 is 0. The lowest BCUT2D eigenvalue weighted by molar-refractivity contribution is 0.139. The van der Waals surface area contributed by atoms with E-state index in [0.717, 1.165) is 73.9 Å². The maximum atomic E-state index is 5.60. The van der Waals surface area contributed by atoms with Crippen molar-refractivity contribution in [2.75, 3.05) is 51.4 Å². The molecule has 0 amide bonds. The van der Waals surface area contributed by atoms with Crippen LogP contribution in [0.2, 0.25) is 0 Å². The molecule has 0 aromatic carbocycles. The van der Waals surface area contributed by atoms with Crippen LogP contribution in [0.25, 0.3) is 27.9 Å². The van der Waals surface area contributed by atoms with Gasteiger partial charge in [0.25, 0.3) is 0 Å². The van der Waals surface area contributed by atoms with E-state index < -0.39 is 0 Å². The summed E-state index contributed by atoms with van der Waals surface area (Å²) < 4.78 is 12.9. The molecule has 6 rings (SSSR count). The predicted molar refractivity (Wildman–Crippen MR) is 132 cm³/mol. The van der Waals surface area contributed by atoms with Crippen molar-refractivity contribution in [3.05, 3.63) is 36.3 Å². The first-order valence-corrected chi connectivity index (χ1v) is 12.1. The smallest absolute Gasteiger partial charge is 0.197 e. The zero-order valence-electron chi connectivity index (χ0n) is 20.0. The number of aromatic amines is 1. The van der Waals surface area contributed by atoms with Gasteiger partial charge in [0.05, 0.1) is 30.4 Å². The highest BCUT2D eigenvalue weighted by Gasteiger charge is 2.28. The van der Waals surface area contributed by atoms with Crippen molar-refractivity contribution in [2.24, 2.45) is 0 Å². The van der Waals surface area contributed by atoms with Crippen LogP contribution in [-0.2, 0) is 4.74 Å². The molecule has 9 heteroatoms. The van der Waals surface area contributed by atoms with Crippen molar-refractivity contribution in [2.45, 2.75) is 32.2 Å². The van der Waals surface area contributed by atoms with E-state index in [4.69, 9.17) is 14.5 Å². The van der Waals surface area contributed by atoms with E-state index in [1.54, 1.807) is 18.0 Å². The molecule has 0 radical (unpaired) electrons. The Labute approximate surface area is 198 Å². The average molecular weight is 462 g/mol. The molecular weight excluding hydrogens is 430 g/mol. The quantitative estimate of drug-likeness (QED) is 0.488. The molecule has 0 saturated carbocycles. The second-order valence-electron chi connectivity index (χ2n) is 9.50. The van der Waals surface area contributed by atoms with E-state index in [2.05, 4.69) is 50.8 Å². The summed E-state index contributed by atoms with van der Waals surface area (Å²) in [6.45, 7) is 10.3. The van der Waals surface area contributed by atoms with Crippen LogP contribution in [0, 0.1) is 0 Å². The summed E-state index contributed by atoms with van der Waals surface area (Å²) in [6, 6.07) is 6.90. The van der Waals surface area contributed by atoms with Crippen molar-refractivity contribution < 1.29 is 9.47 Å². The largest absolute Gasteiger partial charge is 0.493 e. The number of ether oxygens (including phenoxy) is 2. The highest BCUT2D eigenvalue weighted by molar-refractivity contribution is 5.90. The predicted octanol–water partition coefficient (Wildman–Crippen LogP) is 3.32. The lowest BCUT2D eigenvalue weighted by Gasteiger charge is -2.38. The summed E-state index contributed by atoms with van der Waals surface area (Å²) in [5.74, 6) is 2.04. The molecule has 178 valence electrons. The summed E-state index contributed by atoms with van der Waals surface area (Å²) in [4.78, 5) is 18.1. The first-order valence-electron chi connectivity index (χ1n) is 12.1. The Morgan fingerprint density at radius 2 is 2.03 bits per heavy atom. The number of hydrogen-bond acceptors (Lipinski definition) is 7. The number of piperazine rings is 1. The third kappa shape index (κ3) is 3.59. The maximum absolute atomic E-state index is 5.60. The van der Waals surface area contributed by atoms with Gasteiger partial charge in [0.1, 0.15) is 12.1 Å². The standard InChI is InChI=1S/C25H31N7O2/c1-16(2)22-23(17-12-20(33-3)25-26-15-27-32(25)13-17)28-19-4-5-21(29-24(19)22)31-9-7-30(8-10-31)18-6-11-34-14-18/h4-5,12-13,15-16,18,28H,6-11,14H2,1-3H3. The van der Waals surface area contributed by atoms with Crippen LogP contribution >= 0.6 is 0 Å². The molecule has 0 spiro atoms. The molecule has 2 aliphatic rings. The Bertz CT molecular complexity index is 1310. The minimum Gasteiger partial charge on any atom is -0.493 e. The Balaban J connectivity index is 1.35. The molecule has 2 saturated heterocycles. The molecule has 2 aliphatic heterocycles. The van der Waals surface area contributed by atoms with Gasteiger partial charge in [-0.2, -0.15) is 5.10 Å². The molecule has 4 aromatic rings. The van der Waals surface area contributed by atoms with Gasteiger partial charge in [0.15, 0.2) is 11.4 Å². The second kappa shape index (κ2) is 8.56. The van der Waals surface area contributed by atoms with Gasteiger partial charge < -0.3 is 19.4 Å². The Kier molecular flexibility index (Phi) is 5.38. The average Bonchev–Trinajstić information content (AvgIpc) is 3.62. The zero-order valence-corrected chi connectivity index (χ0v) is 20.0. The number of methoxy groups -OCH3 is 1. The third-order valence-electron chi connectivity index (χ3n) is 7.15. The van der Waals surface area contributed by atoms with Gasteiger partial charge in [-0.3, -0.25) is 4.90 Å². The maximum Gasteiger partial charge on any atom is 0.197 e. The minimum atomic E-state index is 0.295. The van der Waals surface area contributed by atoms with Crippen molar-refractivity contribution in [1.82, 2.24) is 29.5 Å². The van der Waals surface area contributed by atoms with Crippen LogP contribution in [-0.4, -0.2) is 82.0 Å². The van der Waals surface area contributed by atoms with Crippen LogP contribution in [0.15, 0.2) is 30.7 Å². The minimum absolute atomic E-state index is 0.295. The molecule has 4 aromatic heterocycles. The molecular formula is C25H31N7O2. The Morgan fingerprint density at radius 3 is 2.76 bits per heavy atom. The van der Waals surface area contributed by atoms with Crippen molar-refractivity contribution in [3.63, 3.8) is 0 Å². The number of pyridine rings is 2. The van der Waals surface area contributed by atoms with Gasteiger partial charge in [0, 0.05) is 56.2 Å². The van der Waals surface area contributed by atoms with Crippen LogP contribution in [0.5, 0.6) is 5.75 Å². The van der Waals surface area contributed by atoms with Crippen LogP contribution < -0.4 is 9.64 Å². The first-order chi connectivity index (χ1) is 16.6. The number of fused-ring (bicyclic) bond motifs is 2. The summed E-state index contributed by atoms with van der Waals surface area (Å²) in [7, 11) is 1.66. The van der Waals surface area contributed by atoms with Gasteiger partial charge in [-0.15, -0.1) is 0 Å². The lowest BCUT2D eigenvalue weighted by Crippen LogP contribution is -2.50. The molecule has 1 atom stereocenters. The molecule has 0 aliphatic carbocycles. The van der Waals surface area contributed by atoms with Gasteiger partial charge in [-0.25, -0.2) is 14.5 Å². The molecule has 9 nitrogen and oxygen atoms in total. The fourth-order valence-electron chi connectivity index (χ4n) is 5.35. The fraction of sp³-hybridized carbons (Fsp3) is 0.480.